The van der Waals surface area contributed by atoms with E-state index < -0.39 is 0 Å². The number of rotatable bonds is 7. The number of benzene rings is 1. The summed E-state index contributed by atoms with van der Waals surface area (Å²) in [5, 5.41) is 0. The molecule has 0 bridgehead atoms. The molecule has 3 nitrogen and oxygen atoms in total. The molecule has 0 atom stereocenters. The molecule has 0 saturated heterocycles. The standard InChI is InChI=1S/C12H15ClINO2/c13-6-7-15(8-9-17-12(16)10-14)11-4-2-1-3-5-11/h1-5H,6-10H2. The molecule has 0 spiro atoms. The molecule has 1 aromatic carbocycles. The van der Waals surface area contributed by atoms with Gasteiger partial charge in [0, 0.05) is 18.1 Å². The van der Waals surface area contributed by atoms with Crippen molar-refractivity contribution in [3.05, 3.63) is 30.3 Å². The predicted molar refractivity (Wildman–Crippen MR) is 79.2 cm³/mol. The van der Waals surface area contributed by atoms with Crippen LogP contribution in [-0.2, 0) is 9.53 Å². The van der Waals surface area contributed by atoms with E-state index in [9.17, 15) is 4.79 Å². The highest BCUT2D eigenvalue weighted by Gasteiger charge is 2.06. The maximum Gasteiger partial charge on any atom is 0.315 e. The molecule has 0 aliphatic heterocycles. The monoisotopic (exact) mass is 367 g/mol. The van der Waals surface area contributed by atoms with Crippen molar-refractivity contribution in [1.29, 1.82) is 0 Å². The Morgan fingerprint density at radius 1 is 1.29 bits per heavy atom. The fourth-order valence-corrected chi connectivity index (χ4v) is 1.84. The lowest BCUT2D eigenvalue weighted by Gasteiger charge is -2.23. The van der Waals surface area contributed by atoms with Crippen LogP contribution in [0.3, 0.4) is 0 Å². The van der Waals surface area contributed by atoms with Crippen LogP contribution >= 0.6 is 34.2 Å². The highest BCUT2D eigenvalue weighted by Crippen LogP contribution is 2.12. The van der Waals surface area contributed by atoms with Gasteiger partial charge in [-0.2, -0.15) is 0 Å². The van der Waals surface area contributed by atoms with Gasteiger partial charge in [0.1, 0.15) is 6.61 Å². The Labute approximate surface area is 120 Å². The summed E-state index contributed by atoms with van der Waals surface area (Å²) in [4.78, 5) is 13.1. The van der Waals surface area contributed by atoms with Gasteiger partial charge in [0.2, 0.25) is 0 Å². The van der Waals surface area contributed by atoms with Gasteiger partial charge in [-0.25, -0.2) is 0 Å². The molecule has 0 aliphatic carbocycles. The van der Waals surface area contributed by atoms with Gasteiger partial charge in [-0.3, -0.25) is 4.79 Å². The lowest BCUT2D eigenvalue weighted by atomic mass is 10.3. The molecule has 0 heterocycles. The van der Waals surface area contributed by atoms with Crippen LogP contribution in [0, 0.1) is 0 Å². The highest BCUT2D eigenvalue weighted by molar-refractivity contribution is 14.1. The second kappa shape index (κ2) is 8.58. The molecular weight excluding hydrogens is 352 g/mol. The summed E-state index contributed by atoms with van der Waals surface area (Å²) in [6.07, 6.45) is 0. The van der Waals surface area contributed by atoms with Gasteiger partial charge in [-0.15, -0.1) is 11.6 Å². The Hall–Kier alpha value is -0.490. The summed E-state index contributed by atoms with van der Waals surface area (Å²) < 4.78 is 5.45. The molecule has 0 radical (unpaired) electrons. The number of alkyl halides is 2. The number of nitrogens with zero attached hydrogens (tertiary/aromatic N) is 1. The minimum atomic E-state index is -0.176. The molecule has 0 saturated carbocycles. The number of carbonyl (C=O) groups excluding carboxylic acids is 1. The van der Waals surface area contributed by atoms with Gasteiger partial charge in [-0.1, -0.05) is 40.8 Å². The Morgan fingerprint density at radius 2 is 2.00 bits per heavy atom. The molecule has 94 valence electrons. The van der Waals surface area contributed by atoms with Crippen LogP contribution in [0.4, 0.5) is 5.69 Å². The summed E-state index contributed by atoms with van der Waals surface area (Å²) in [6.45, 7) is 1.81. The second-order valence-corrected chi connectivity index (χ2v) is 4.51. The molecule has 17 heavy (non-hydrogen) atoms. The zero-order valence-electron chi connectivity index (χ0n) is 9.44. The van der Waals surface area contributed by atoms with E-state index in [1.54, 1.807) is 0 Å². The minimum Gasteiger partial charge on any atom is -0.463 e. The molecule has 1 rings (SSSR count). The highest BCUT2D eigenvalue weighted by atomic mass is 127. The minimum absolute atomic E-state index is 0.176. The van der Waals surface area contributed by atoms with E-state index in [1.807, 2.05) is 52.9 Å². The number of para-hydroxylation sites is 1. The molecule has 0 unspecified atom stereocenters. The van der Waals surface area contributed by atoms with Gasteiger partial charge >= 0.3 is 5.97 Å². The van der Waals surface area contributed by atoms with E-state index in [0.29, 0.717) is 23.5 Å². The molecule has 0 amide bonds. The topological polar surface area (TPSA) is 29.5 Å². The predicted octanol–water partition coefficient (Wildman–Crippen LogP) is 2.71. The van der Waals surface area contributed by atoms with Crippen molar-refractivity contribution in [1.82, 2.24) is 0 Å². The second-order valence-electron chi connectivity index (χ2n) is 3.37. The van der Waals surface area contributed by atoms with Crippen LogP contribution in [-0.4, -0.2) is 36.0 Å². The van der Waals surface area contributed by atoms with Crippen LogP contribution in [0.25, 0.3) is 0 Å². The number of hydrogen-bond donors (Lipinski definition) is 0. The SMILES string of the molecule is O=C(CI)OCCN(CCCl)c1ccccc1. The summed E-state index contributed by atoms with van der Waals surface area (Å²) in [6, 6.07) is 9.97. The number of hydrogen-bond acceptors (Lipinski definition) is 3. The maximum atomic E-state index is 11.0. The molecule has 1 aromatic rings. The number of anilines is 1. The third-order valence-corrected chi connectivity index (χ3v) is 3.00. The molecule has 0 aromatic heterocycles. The Kier molecular flexibility index (Phi) is 7.35. The van der Waals surface area contributed by atoms with E-state index in [1.165, 1.54) is 0 Å². The smallest absolute Gasteiger partial charge is 0.315 e. The van der Waals surface area contributed by atoms with E-state index in [0.717, 1.165) is 12.2 Å². The summed E-state index contributed by atoms with van der Waals surface area (Å²) in [5.74, 6) is 0.374. The van der Waals surface area contributed by atoms with Crippen LogP contribution < -0.4 is 4.90 Å². The number of carbonyl (C=O) groups is 1. The van der Waals surface area contributed by atoms with E-state index >= 15 is 0 Å². The van der Waals surface area contributed by atoms with Crippen molar-refractivity contribution in [2.45, 2.75) is 0 Å². The third kappa shape index (κ3) is 5.59. The third-order valence-electron chi connectivity index (χ3n) is 2.21. The zero-order valence-corrected chi connectivity index (χ0v) is 12.4. The quantitative estimate of drug-likeness (QED) is 0.422. The fourth-order valence-electron chi connectivity index (χ4n) is 1.42. The fraction of sp³-hybridized carbons (Fsp3) is 0.417. The van der Waals surface area contributed by atoms with Crippen LogP contribution in [0.15, 0.2) is 30.3 Å². The van der Waals surface area contributed by atoms with Crippen molar-refractivity contribution < 1.29 is 9.53 Å². The van der Waals surface area contributed by atoms with Crippen molar-refractivity contribution in [2.24, 2.45) is 0 Å². The van der Waals surface area contributed by atoms with Crippen molar-refractivity contribution >= 4 is 45.8 Å². The first-order chi connectivity index (χ1) is 8.27. The maximum absolute atomic E-state index is 11.0. The van der Waals surface area contributed by atoms with Gasteiger partial charge < -0.3 is 9.64 Å². The van der Waals surface area contributed by atoms with E-state index in [2.05, 4.69) is 4.90 Å². The number of halogens is 2. The lowest BCUT2D eigenvalue weighted by molar-refractivity contribution is -0.139. The Morgan fingerprint density at radius 3 is 2.59 bits per heavy atom. The van der Waals surface area contributed by atoms with Crippen molar-refractivity contribution in [2.75, 3.05) is 34.9 Å². The van der Waals surface area contributed by atoms with Crippen LogP contribution in [0.1, 0.15) is 0 Å². The molecular formula is C12H15ClINO2. The normalized spacial score (nSPS) is 10.0. The van der Waals surface area contributed by atoms with Gasteiger partial charge in [0.15, 0.2) is 0 Å². The van der Waals surface area contributed by atoms with Crippen molar-refractivity contribution in [3.63, 3.8) is 0 Å². The Bertz CT molecular complexity index is 335. The first-order valence-electron chi connectivity index (χ1n) is 5.35. The molecule has 5 heteroatoms. The first kappa shape index (κ1) is 14.6. The number of esters is 1. The lowest BCUT2D eigenvalue weighted by Crippen LogP contribution is -2.30. The van der Waals surface area contributed by atoms with Crippen LogP contribution in [0.2, 0.25) is 0 Å². The molecule has 0 N–H and O–H groups in total. The summed E-state index contributed by atoms with van der Waals surface area (Å²) in [7, 11) is 0. The van der Waals surface area contributed by atoms with Crippen molar-refractivity contribution in [3.8, 4) is 0 Å². The largest absolute Gasteiger partial charge is 0.463 e. The Balaban J connectivity index is 2.47. The average Bonchev–Trinajstić information content (AvgIpc) is 2.38. The summed E-state index contributed by atoms with van der Waals surface area (Å²) >= 11 is 7.75. The number of ether oxygens (including phenoxy) is 1. The van der Waals surface area contributed by atoms with Gasteiger partial charge in [-0.05, 0) is 12.1 Å². The van der Waals surface area contributed by atoms with Gasteiger partial charge in [0.05, 0.1) is 11.0 Å². The first-order valence-corrected chi connectivity index (χ1v) is 7.41. The van der Waals surface area contributed by atoms with Crippen LogP contribution in [0.5, 0.6) is 0 Å². The average molecular weight is 368 g/mol. The van der Waals surface area contributed by atoms with E-state index in [-0.39, 0.29) is 5.97 Å². The zero-order chi connectivity index (χ0) is 12.5. The summed E-state index contributed by atoms with van der Waals surface area (Å²) in [5.41, 5.74) is 1.10. The molecule has 0 fully saturated rings. The van der Waals surface area contributed by atoms with Gasteiger partial charge in [0.25, 0.3) is 0 Å². The molecule has 0 aliphatic rings. The van der Waals surface area contributed by atoms with E-state index in [4.69, 9.17) is 16.3 Å².